The van der Waals surface area contributed by atoms with Crippen LogP contribution in [0.3, 0.4) is 0 Å². The quantitative estimate of drug-likeness (QED) is 0.528. The average molecular weight is 462 g/mol. The number of hydrogen-bond donors (Lipinski definition) is 0. The summed E-state index contributed by atoms with van der Waals surface area (Å²) in [6.07, 6.45) is 0. The lowest BCUT2D eigenvalue weighted by atomic mass is 10.1. The monoisotopic (exact) mass is 458 g/mol. The maximum atomic E-state index is 5.20. The van der Waals surface area contributed by atoms with E-state index in [0.29, 0.717) is 0 Å². The molecular weight excluding hydrogens is 456 g/mol. The first kappa shape index (κ1) is 12.1. The molecule has 1 nitrogen and oxygen atoms in total. The van der Waals surface area contributed by atoms with Gasteiger partial charge in [-0.05, 0) is 39.2 Å². The summed E-state index contributed by atoms with van der Waals surface area (Å²) in [6.45, 7) is 0. The first-order valence-corrected chi connectivity index (χ1v) is 7.28. The molecule has 0 saturated carbocycles. The highest BCUT2D eigenvalue weighted by Crippen LogP contribution is 2.58. The van der Waals surface area contributed by atoms with Crippen molar-refractivity contribution in [1.82, 2.24) is 0 Å². The third kappa shape index (κ3) is 1.85. The average Bonchev–Trinajstić information content (AvgIpc) is 2.40. The molecule has 15 heavy (non-hydrogen) atoms. The van der Waals surface area contributed by atoms with E-state index < -0.39 is 0 Å². The maximum Gasteiger partial charge on any atom is 0.138 e. The van der Waals surface area contributed by atoms with Crippen molar-refractivity contribution < 1.29 is 4.74 Å². The van der Waals surface area contributed by atoms with Crippen LogP contribution in [0.2, 0.25) is 0 Å². The molecule has 0 bridgehead atoms. The molecule has 1 aromatic rings. The van der Waals surface area contributed by atoms with Gasteiger partial charge < -0.3 is 4.74 Å². The molecule has 0 radical (unpaired) electrons. The number of rotatable bonds is 1. The van der Waals surface area contributed by atoms with Crippen molar-refractivity contribution >= 4 is 68.2 Å². The van der Waals surface area contributed by atoms with Crippen LogP contribution in [0.4, 0.5) is 0 Å². The van der Waals surface area contributed by atoms with Gasteiger partial charge in [-0.15, -0.1) is 0 Å². The molecule has 0 N–H and O–H groups in total. The molecular formula is C10H6Br4O. The Labute approximate surface area is 122 Å². The fourth-order valence-electron chi connectivity index (χ4n) is 1.48. The van der Waals surface area contributed by atoms with Crippen molar-refractivity contribution in [1.29, 1.82) is 0 Å². The summed E-state index contributed by atoms with van der Waals surface area (Å²) in [5.41, 5.74) is 2.28. The zero-order valence-corrected chi connectivity index (χ0v) is 14.0. The van der Waals surface area contributed by atoms with Crippen molar-refractivity contribution in [3.63, 3.8) is 0 Å². The summed E-state index contributed by atoms with van der Waals surface area (Å²) in [6, 6.07) is 5.99. The molecule has 80 valence electrons. The SMILES string of the molecule is COc1ccc2c(c1)C(Br)=C(Br)C2(Br)Br. The number of halogens is 4. The molecule has 0 amide bonds. The molecule has 0 unspecified atom stereocenters. The second kappa shape index (κ2) is 4.17. The van der Waals surface area contributed by atoms with E-state index >= 15 is 0 Å². The van der Waals surface area contributed by atoms with Gasteiger partial charge in [0, 0.05) is 8.96 Å². The summed E-state index contributed by atoms with van der Waals surface area (Å²) in [4.78, 5) is 0. The van der Waals surface area contributed by atoms with Crippen molar-refractivity contribution in [2.45, 2.75) is 3.23 Å². The Balaban J connectivity index is 2.66. The Morgan fingerprint density at radius 1 is 1.20 bits per heavy atom. The minimum atomic E-state index is -0.333. The van der Waals surface area contributed by atoms with Crippen LogP contribution in [0, 0.1) is 0 Å². The number of benzene rings is 1. The smallest absolute Gasteiger partial charge is 0.138 e. The van der Waals surface area contributed by atoms with Gasteiger partial charge in [0.05, 0.1) is 7.11 Å². The molecule has 1 aliphatic carbocycles. The first-order valence-electron chi connectivity index (χ1n) is 4.11. The summed E-state index contributed by atoms with van der Waals surface area (Å²) >= 11 is 14.4. The van der Waals surface area contributed by atoms with Crippen LogP contribution < -0.4 is 4.74 Å². The van der Waals surface area contributed by atoms with E-state index in [1.807, 2.05) is 18.2 Å². The van der Waals surface area contributed by atoms with E-state index in [1.165, 1.54) is 0 Å². The first-order chi connectivity index (χ1) is 6.98. The van der Waals surface area contributed by atoms with Gasteiger partial charge in [0.1, 0.15) is 8.98 Å². The summed E-state index contributed by atoms with van der Waals surface area (Å²) in [5.74, 6) is 0.851. The Kier molecular flexibility index (Phi) is 3.37. The van der Waals surface area contributed by atoms with Crippen molar-refractivity contribution in [3.8, 4) is 5.75 Å². The van der Waals surface area contributed by atoms with Crippen molar-refractivity contribution in [2.24, 2.45) is 0 Å². The molecule has 2 rings (SSSR count). The molecule has 0 atom stereocenters. The van der Waals surface area contributed by atoms with Gasteiger partial charge in [-0.1, -0.05) is 53.9 Å². The largest absolute Gasteiger partial charge is 0.497 e. The number of fused-ring (bicyclic) bond motifs is 1. The highest BCUT2D eigenvalue weighted by atomic mass is 79.9. The van der Waals surface area contributed by atoms with Crippen LogP contribution in [-0.4, -0.2) is 7.11 Å². The van der Waals surface area contributed by atoms with Gasteiger partial charge >= 0.3 is 0 Å². The molecule has 0 saturated heterocycles. The lowest BCUT2D eigenvalue weighted by molar-refractivity contribution is 0.414. The third-order valence-electron chi connectivity index (χ3n) is 2.27. The molecule has 1 aromatic carbocycles. The van der Waals surface area contributed by atoms with Crippen LogP contribution in [0.25, 0.3) is 4.48 Å². The van der Waals surface area contributed by atoms with Gasteiger partial charge in [-0.3, -0.25) is 0 Å². The molecule has 0 aromatic heterocycles. The Morgan fingerprint density at radius 3 is 2.47 bits per heavy atom. The van der Waals surface area contributed by atoms with E-state index in [1.54, 1.807) is 7.11 Å². The Morgan fingerprint density at radius 2 is 1.87 bits per heavy atom. The fourth-order valence-corrected chi connectivity index (χ4v) is 4.15. The lowest BCUT2D eigenvalue weighted by Crippen LogP contribution is -2.04. The number of hydrogen-bond acceptors (Lipinski definition) is 1. The molecule has 0 fully saturated rings. The highest BCUT2D eigenvalue weighted by Gasteiger charge is 2.39. The van der Waals surface area contributed by atoms with Crippen LogP contribution >= 0.6 is 63.7 Å². The number of methoxy groups -OCH3 is 1. The number of alkyl halides is 2. The zero-order chi connectivity index (χ0) is 11.2. The van der Waals surface area contributed by atoms with Crippen LogP contribution in [0.1, 0.15) is 11.1 Å². The van der Waals surface area contributed by atoms with E-state index in [-0.39, 0.29) is 3.23 Å². The minimum absolute atomic E-state index is 0.333. The summed E-state index contributed by atoms with van der Waals surface area (Å²) in [5, 5.41) is 0. The molecule has 0 spiro atoms. The van der Waals surface area contributed by atoms with Gasteiger partial charge in [0.25, 0.3) is 0 Å². The Bertz CT molecular complexity index is 451. The fraction of sp³-hybridized carbons (Fsp3) is 0.200. The van der Waals surface area contributed by atoms with Crippen molar-refractivity contribution in [2.75, 3.05) is 7.11 Å². The highest BCUT2D eigenvalue weighted by molar-refractivity contribution is 9.26. The normalized spacial score (nSPS) is 17.9. The number of allylic oxidation sites excluding steroid dienone is 1. The van der Waals surface area contributed by atoms with Gasteiger partial charge in [0.15, 0.2) is 0 Å². The van der Waals surface area contributed by atoms with Crippen molar-refractivity contribution in [3.05, 3.63) is 33.8 Å². The van der Waals surface area contributed by atoms with E-state index in [2.05, 4.69) is 63.7 Å². The number of ether oxygens (including phenoxy) is 1. The van der Waals surface area contributed by atoms with E-state index in [9.17, 15) is 0 Å². The predicted molar refractivity (Wildman–Crippen MR) is 77.3 cm³/mol. The minimum Gasteiger partial charge on any atom is -0.497 e. The predicted octanol–water partition coefficient (Wildman–Crippen LogP) is 5.11. The second-order valence-corrected chi connectivity index (χ2v) is 8.14. The molecule has 0 aliphatic heterocycles. The third-order valence-corrected chi connectivity index (χ3v) is 7.33. The van der Waals surface area contributed by atoms with Crippen LogP contribution in [-0.2, 0) is 3.23 Å². The second-order valence-electron chi connectivity index (χ2n) is 3.11. The van der Waals surface area contributed by atoms with E-state index in [4.69, 9.17) is 4.74 Å². The Hall–Kier alpha value is 0.680. The maximum absolute atomic E-state index is 5.20. The zero-order valence-electron chi connectivity index (χ0n) is 7.65. The molecule has 0 heterocycles. The molecule has 5 heteroatoms. The van der Waals surface area contributed by atoms with Gasteiger partial charge in [-0.25, -0.2) is 0 Å². The van der Waals surface area contributed by atoms with Crippen LogP contribution in [0.5, 0.6) is 5.75 Å². The van der Waals surface area contributed by atoms with E-state index in [0.717, 1.165) is 25.8 Å². The lowest BCUT2D eigenvalue weighted by Gasteiger charge is -2.16. The standard InChI is InChI=1S/C10H6Br4O/c1-15-5-2-3-7-6(4-5)8(11)9(12)10(7,13)14/h2-4H,1H3. The summed E-state index contributed by atoms with van der Waals surface area (Å²) in [7, 11) is 1.67. The van der Waals surface area contributed by atoms with Crippen LogP contribution in [0.15, 0.2) is 22.7 Å². The topological polar surface area (TPSA) is 9.23 Å². The van der Waals surface area contributed by atoms with Gasteiger partial charge in [0.2, 0.25) is 0 Å². The van der Waals surface area contributed by atoms with Gasteiger partial charge in [-0.2, -0.15) is 0 Å². The summed E-state index contributed by atoms with van der Waals surface area (Å²) < 4.78 is 6.93. The molecule has 1 aliphatic rings.